The highest BCUT2D eigenvalue weighted by atomic mass is 35.5. The largest absolute Gasteiger partial charge is 0.463 e. The van der Waals surface area contributed by atoms with Crippen LogP contribution in [0.2, 0.25) is 5.02 Å². The summed E-state index contributed by atoms with van der Waals surface area (Å²) < 4.78 is 5.10. The molecular weight excluding hydrogens is 200 g/mol. The minimum absolute atomic E-state index is 0.00583. The molecule has 0 aromatic heterocycles. The second kappa shape index (κ2) is 3.50. The monoisotopic (exact) mass is 210 g/mol. The molecule has 0 bridgehead atoms. The second-order valence-corrected chi connectivity index (χ2v) is 3.73. The van der Waals surface area contributed by atoms with Gasteiger partial charge in [0.1, 0.15) is 12.6 Å². The molecule has 0 amide bonds. The molecule has 3 nitrogen and oxygen atoms in total. The van der Waals surface area contributed by atoms with Crippen molar-refractivity contribution >= 4 is 17.6 Å². The Morgan fingerprint density at radius 1 is 1.57 bits per heavy atom. The van der Waals surface area contributed by atoms with Crippen molar-refractivity contribution in [3.8, 4) is 0 Å². The first-order valence-electron chi connectivity index (χ1n) is 4.39. The quantitative estimate of drug-likeness (QED) is 0.771. The molecule has 2 rings (SSSR count). The van der Waals surface area contributed by atoms with Crippen molar-refractivity contribution in [1.29, 1.82) is 0 Å². The third-order valence-electron chi connectivity index (χ3n) is 2.27. The Hall–Kier alpha value is -1.22. The number of nitrogens with zero attached hydrogens (tertiary/aromatic N) is 1. The normalized spacial score (nSPS) is 20.4. The molecule has 1 heterocycles. The number of benzene rings is 1. The fourth-order valence-electron chi connectivity index (χ4n) is 1.52. The number of aryl methyl sites for hydroxylation is 1. The van der Waals surface area contributed by atoms with Crippen molar-refractivity contribution in [1.82, 2.24) is 0 Å². The van der Waals surface area contributed by atoms with E-state index in [9.17, 15) is 0 Å². The summed E-state index contributed by atoms with van der Waals surface area (Å²) in [5.41, 5.74) is 7.68. The van der Waals surface area contributed by atoms with E-state index < -0.39 is 0 Å². The van der Waals surface area contributed by atoms with Crippen molar-refractivity contribution < 1.29 is 4.74 Å². The lowest BCUT2D eigenvalue weighted by Gasteiger charge is -2.09. The van der Waals surface area contributed by atoms with Gasteiger partial charge in [-0.1, -0.05) is 17.7 Å². The van der Waals surface area contributed by atoms with E-state index in [-0.39, 0.29) is 12.1 Å². The number of halogens is 1. The molecule has 4 heteroatoms. The first-order valence-corrected chi connectivity index (χ1v) is 4.77. The van der Waals surface area contributed by atoms with E-state index in [0.29, 0.717) is 11.6 Å². The highest BCUT2D eigenvalue weighted by Crippen LogP contribution is 2.27. The molecule has 0 radical (unpaired) electrons. The molecule has 1 aliphatic heterocycles. The molecular formula is C10H11ClN2O. The summed E-state index contributed by atoms with van der Waals surface area (Å²) >= 11 is 5.91. The van der Waals surface area contributed by atoms with Crippen LogP contribution in [0, 0.1) is 6.92 Å². The third-order valence-corrected chi connectivity index (χ3v) is 2.51. The number of ether oxygens (including phenoxy) is 1. The van der Waals surface area contributed by atoms with E-state index in [4.69, 9.17) is 22.1 Å². The smallest absolute Gasteiger partial charge is 0.282 e. The number of hydrogen-bond acceptors (Lipinski definition) is 3. The van der Waals surface area contributed by atoms with Gasteiger partial charge in [-0.15, -0.1) is 0 Å². The van der Waals surface area contributed by atoms with Crippen LogP contribution in [0.5, 0.6) is 0 Å². The first kappa shape index (κ1) is 9.34. The summed E-state index contributed by atoms with van der Waals surface area (Å²) in [6.45, 7) is 2.53. The maximum atomic E-state index is 5.91. The lowest BCUT2D eigenvalue weighted by Crippen LogP contribution is -2.10. The number of hydrogen-bond donors (Lipinski definition) is 1. The van der Waals surface area contributed by atoms with Crippen molar-refractivity contribution in [3.05, 3.63) is 34.3 Å². The van der Waals surface area contributed by atoms with Crippen LogP contribution in [0.4, 0.5) is 0 Å². The maximum Gasteiger partial charge on any atom is 0.282 e. The Labute approximate surface area is 87.5 Å². The van der Waals surface area contributed by atoms with Gasteiger partial charge in [-0.05, 0) is 30.2 Å². The first-order chi connectivity index (χ1) is 6.66. The van der Waals surface area contributed by atoms with Crippen molar-refractivity contribution in [2.24, 2.45) is 10.7 Å². The van der Waals surface area contributed by atoms with Gasteiger partial charge in [-0.3, -0.25) is 0 Å². The van der Waals surface area contributed by atoms with E-state index >= 15 is 0 Å². The van der Waals surface area contributed by atoms with Crippen LogP contribution in [0.3, 0.4) is 0 Å². The van der Waals surface area contributed by atoms with Crippen LogP contribution in [0.1, 0.15) is 17.2 Å². The van der Waals surface area contributed by atoms with Crippen molar-refractivity contribution in [2.45, 2.75) is 13.0 Å². The zero-order valence-electron chi connectivity index (χ0n) is 7.83. The lowest BCUT2D eigenvalue weighted by atomic mass is 10.0. The Kier molecular flexibility index (Phi) is 2.33. The lowest BCUT2D eigenvalue weighted by molar-refractivity contribution is 0.315. The molecule has 1 atom stereocenters. The van der Waals surface area contributed by atoms with Gasteiger partial charge in [0.15, 0.2) is 0 Å². The molecule has 0 saturated carbocycles. The topological polar surface area (TPSA) is 47.6 Å². The van der Waals surface area contributed by atoms with Gasteiger partial charge >= 0.3 is 0 Å². The number of amidine groups is 1. The van der Waals surface area contributed by atoms with Gasteiger partial charge in [0, 0.05) is 5.02 Å². The fraction of sp³-hybridized carbons (Fsp3) is 0.300. The maximum absolute atomic E-state index is 5.91. The zero-order valence-corrected chi connectivity index (χ0v) is 8.58. The van der Waals surface area contributed by atoms with Crippen molar-refractivity contribution in [3.63, 3.8) is 0 Å². The van der Waals surface area contributed by atoms with Crippen LogP contribution in [0.15, 0.2) is 23.2 Å². The summed E-state index contributed by atoms with van der Waals surface area (Å²) in [6.07, 6.45) is 0. The predicted molar refractivity (Wildman–Crippen MR) is 56.5 cm³/mol. The molecule has 2 N–H and O–H groups in total. The summed E-state index contributed by atoms with van der Waals surface area (Å²) in [5.74, 6) is 0. The highest BCUT2D eigenvalue weighted by Gasteiger charge is 2.20. The minimum Gasteiger partial charge on any atom is -0.463 e. The van der Waals surface area contributed by atoms with Gasteiger partial charge in [0.05, 0.1) is 0 Å². The molecule has 1 aromatic rings. The van der Waals surface area contributed by atoms with Crippen LogP contribution < -0.4 is 5.73 Å². The molecule has 0 aliphatic carbocycles. The fourth-order valence-corrected chi connectivity index (χ4v) is 1.70. The van der Waals surface area contributed by atoms with Crippen LogP contribution in [0.25, 0.3) is 0 Å². The van der Waals surface area contributed by atoms with E-state index in [1.807, 2.05) is 25.1 Å². The van der Waals surface area contributed by atoms with Crippen molar-refractivity contribution in [2.75, 3.05) is 6.61 Å². The number of nitrogens with two attached hydrogens (primary N) is 1. The van der Waals surface area contributed by atoms with Gasteiger partial charge in [-0.2, -0.15) is 0 Å². The summed E-state index contributed by atoms with van der Waals surface area (Å²) in [7, 11) is 0. The average molecular weight is 211 g/mol. The average Bonchev–Trinajstić information content (AvgIpc) is 2.56. The minimum atomic E-state index is -0.00583. The molecule has 14 heavy (non-hydrogen) atoms. The third kappa shape index (κ3) is 1.68. The zero-order chi connectivity index (χ0) is 10.1. The molecule has 74 valence electrons. The van der Waals surface area contributed by atoms with E-state index in [1.54, 1.807) is 0 Å². The van der Waals surface area contributed by atoms with Gasteiger partial charge in [0.2, 0.25) is 0 Å². The summed E-state index contributed by atoms with van der Waals surface area (Å²) in [5, 5.41) is 0.714. The number of rotatable bonds is 1. The number of aliphatic imine (C=N–C) groups is 1. The standard InChI is InChI=1S/C10H11ClN2O/c1-6-2-3-7(11)4-8(6)9-5-14-10(12)13-9/h2-4,9H,5H2,1H3,(H2,12,13)/t9-/m1/s1. The molecule has 0 unspecified atom stereocenters. The van der Waals surface area contributed by atoms with E-state index in [0.717, 1.165) is 11.1 Å². The Balaban J connectivity index is 2.36. The van der Waals surface area contributed by atoms with Crippen LogP contribution in [-0.2, 0) is 4.74 Å². The van der Waals surface area contributed by atoms with Crippen LogP contribution in [-0.4, -0.2) is 12.6 Å². The highest BCUT2D eigenvalue weighted by molar-refractivity contribution is 6.30. The van der Waals surface area contributed by atoms with E-state index in [1.165, 1.54) is 0 Å². The van der Waals surface area contributed by atoms with Gasteiger partial charge < -0.3 is 10.5 Å². The predicted octanol–water partition coefficient (Wildman–Crippen LogP) is 2.03. The molecule has 0 fully saturated rings. The Morgan fingerprint density at radius 3 is 3.00 bits per heavy atom. The SMILES string of the molecule is Cc1ccc(Cl)cc1[C@H]1COC(N)=N1. The van der Waals surface area contributed by atoms with E-state index in [2.05, 4.69) is 4.99 Å². The van der Waals surface area contributed by atoms with Crippen LogP contribution >= 0.6 is 11.6 Å². The summed E-state index contributed by atoms with van der Waals surface area (Å²) in [6, 6.07) is 6.00. The molecule has 1 aliphatic rings. The molecule has 0 saturated heterocycles. The summed E-state index contributed by atoms with van der Waals surface area (Å²) in [4.78, 5) is 4.17. The Morgan fingerprint density at radius 2 is 2.36 bits per heavy atom. The van der Waals surface area contributed by atoms with Gasteiger partial charge in [-0.25, -0.2) is 4.99 Å². The second-order valence-electron chi connectivity index (χ2n) is 3.30. The Bertz CT molecular complexity index is 390. The molecule has 0 spiro atoms. The van der Waals surface area contributed by atoms with Gasteiger partial charge in [0.25, 0.3) is 6.02 Å². The molecule has 1 aromatic carbocycles.